The summed E-state index contributed by atoms with van der Waals surface area (Å²) in [6, 6.07) is 7.89. The number of benzene rings is 1. The molecule has 0 bridgehead atoms. The third kappa shape index (κ3) is 8.12. The third-order valence-corrected chi connectivity index (χ3v) is 4.59. The molecule has 0 spiro atoms. The Hall–Kier alpha value is -1.01. The van der Waals surface area contributed by atoms with Crippen molar-refractivity contribution in [3.8, 4) is 5.75 Å². The van der Waals surface area contributed by atoms with Crippen molar-refractivity contribution in [2.24, 2.45) is 5.73 Å². The lowest BCUT2D eigenvalue weighted by molar-refractivity contribution is -0.127. The van der Waals surface area contributed by atoms with E-state index < -0.39 is 5.54 Å². The summed E-state index contributed by atoms with van der Waals surface area (Å²) >= 11 is 0. The first-order valence-corrected chi connectivity index (χ1v) is 8.93. The maximum Gasteiger partial charge on any atom is 0.240 e. The van der Waals surface area contributed by atoms with Crippen LogP contribution in [0.25, 0.3) is 0 Å². The number of hydrogen-bond acceptors (Lipinski definition) is 4. The van der Waals surface area contributed by atoms with Crippen LogP contribution < -0.4 is 15.8 Å². The molecular formula is C19H33Cl2N3O2. The molecule has 5 nitrogen and oxygen atoms in total. The summed E-state index contributed by atoms with van der Waals surface area (Å²) in [5, 5.41) is 2.98. The van der Waals surface area contributed by atoms with E-state index >= 15 is 0 Å². The van der Waals surface area contributed by atoms with Crippen LogP contribution in [-0.4, -0.2) is 43.6 Å². The van der Waals surface area contributed by atoms with Crippen molar-refractivity contribution in [3.05, 3.63) is 29.8 Å². The Balaban J connectivity index is 0.00000312. The van der Waals surface area contributed by atoms with Gasteiger partial charge in [0.1, 0.15) is 5.75 Å². The van der Waals surface area contributed by atoms with Gasteiger partial charge in [-0.05, 0) is 51.1 Å². The highest BCUT2D eigenvalue weighted by Crippen LogP contribution is 2.26. The summed E-state index contributed by atoms with van der Waals surface area (Å²) in [6.45, 7) is 2.24. The van der Waals surface area contributed by atoms with Crippen molar-refractivity contribution < 1.29 is 9.53 Å². The first-order valence-electron chi connectivity index (χ1n) is 8.93. The summed E-state index contributed by atoms with van der Waals surface area (Å²) in [7, 11) is 4.11. The highest BCUT2D eigenvalue weighted by Gasteiger charge is 2.34. The lowest BCUT2D eigenvalue weighted by Gasteiger charge is -2.31. The lowest BCUT2D eigenvalue weighted by atomic mass is 9.82. The van der Waals surface area contributed by atoms with E-state index in [4.69, 9.17) is 10.5 Å². The van der Waals surface area contributed by atoms with Crippen molar-refractivity contribution in [1.29, 1.82) is 0 Å². The average Bonchev–Trinajstić information content (AvgIpc) is 2.58. The average molecular weight is 406 g/mol. The van der Waals surface area contributed by atoms with Gasteiger partial charge in [0.05, 0.1) is 12.1 Å². The van der Waals surface area contributed by atoms with E-state index in [-0.39, 0.29) is 30.7 Å². The van der Waals surface area contributed by atoms with Crippen molar-refractivity contribution in [3.63, 3.8) is 0 Å². The summed E-state index contributed by atoms with van der Waals surface area (Å²) in [5.74, 6) is 0.845. The van der Waals surface area contributed by atoms with Gasteiger partial charge in [0.25, 0.3) is 0 Å². The summed E-state index contributed by atoms with van der Waals surface area (Å²) < 4.78 is 5.71. The molecule has 7 heteroatoms. The number of amides is 1. The highest BCUT2D eigenvalue weighted by atomic mass is 35.5. The molecule has 150 valence electrons. The van der Waals surface area contributed by atoms with Gasteiger partial charge in [0.2, 0.25) is 5.91 Å². The number of ether oxygens (including phenoxy) is 1. The van der Waals surface area contributed by atoms with E-state index in [2.05, 4.69) is 24.3 Å². The minimum absolute atomic E-state index is 0. The maximum atomic E-state index is 12.3. The number of halogens is 2. The van der Waals surface area contributed by atoms with Gasteiger partial charge in [0.15, 0.2) is 0 Å². The van der Waals surface area contributed by atoms with E-state index in [0.29, 0.717) is 13.2 Å². The topological polar surface area (TPSA) is 67.6 Å². The van der Waals surface area contributed by atoms with Crippen LogP contribution in [0.4, 0.5) is 0 Å². The predicted octanol–water partition coefficient (Wildman–Crippen LogP) is 3.14. The zero-order chi connectivity index (χ0) is 17.4. The first-order chi connectivity index (χ1) is 11.5. The van der Waals surface area contributed by atoms with E-state index in [9.17, 15) is 4.79 Å². The number of nitrogens with one attached hydrogen (secondary N) is 1. The molecule has 26 heavy (non-hydrogen) atoms. The van der Waals surface area contributed by atoms with Crippen LogP contribution in [0.5, 0.6) is 5.75 Å². The minimum atomic E-state index is -0.673. The Morgan fingerprint density at radius 3 is 2.35 bits per heavy atom. The normalized spacial score (nSPS) is 15.5. The standard InChI is InChI=1S/C19H31N3O2.2ClH/c1-22(2)13-6-14-24-17-9-7-16(8-10-17)15-21-18(23)19(20)11-4-3-5-12-19;;/h7-10H,3-6,11-15,20H2,1-2H3,(H,21,23);2*1H. The molecule has 0 unspecified atom stereocenters. The second kappa shape index (κ2) is 12.4. The summed E-state index contributed by atoms with van der Waals surface area (Å²) in [5.41, 5.74) is 6.63. The van der Waals surface area contributed by atoms with Crippen LogP contribution in [0, 0.1) is 0 Å². The highest BCUT2D eigenvalue weighted by molar-refractivity contribution is 5.86. The smallest absolute Gasteiger partial charge is 0.240 e. The van der Waals surface area contributed by atoms with Gasteiger partial charge in [-0.25, -0.2) is 0 Å². The fourth-order valence-corrected chi connectivity index (χ4v) is 3.04. The molecule has 1 aliphatic carbocycles. The van der Waals surface area contributed by atoms with Crippen molar-refractivity contribution >= 4 is 30.7 Å². The molecule has 1 saturated carbocycles. The minimum Gasteiger partial charge on any atom is -0.494 e. The molecule has 1 amide bonds. The van der Waals surface area contributed by atoms with Gasteiger partial charge in [0, 0.05) is 13.1 Å². The fraction of sp³-hybridized carbons (Fsp3) is 0.632. The molecule has 0 aromatic heterocycles. The quantitative estimate of drug-likeness (QED) is 0.651. The molecule has 1 fully saturated rings. The van der Waals surface area contributed by atoms with Gasteiger partial charge in [-0.1, -0.05) is 31.4 Å². The van der Waals surface area contributed by atoms with E-state index in [1.165, 1.54) is 6.42 Å². The Kier molecular flexibility index (Phi) is 11.9. The Bertz CT molecular complexity index is 518. The SMILES string of the molecule is CN(C)CCCOc1ccc(CNC(=O)C2(N)CCCCC2)cc1.Cl.Cl. The van der Waals surface area contributed by atoms with Crippen molar-refractivity contribution in [2.75, 3.05) is 27.2 Å². The van der Waals surface area contributed by atoms with Crippen LogP contribution in [0.1, 0.15) is 44.1 Å². The van der Waals surface area contributed by atoms with Gasteiger partial charge in [-0.2, -0.15) is 0 Å². The van der Waals surface area contributed by atoms with E-state index in [1.807, 2.05) is 24.3 Å². The van der Waals surface area contributed by atoms with Crippen LogP contribution in [0.15, 0.2) is 24.3 Å². The molecule has 3 N–H and O–H groups in total. The second-order valence-corrected chi connectivity index (χ2v) is 7.05. The molecule has 2 rings (SSSR count). The van der Waals surface area contributed by atoms with Gasteiger partial charge in [-0.15, -0.1) is 24.8 Å². The summed E-state index contributed by atoms with van der Waals surface area (Å²) in [6.07, 6.45) is 5.86. The molecule has 0 aliphatic heterocycles. The van der Waals surface area contributed by atoms with E-state index in [1.54, 1.807) is 0 Å². The summed E-state index contributed by atoms with van der Waals surface area (Å²) in [4.78, 5) is 14.5. The number of carbonyl (C=O) groups is 1. The molecule has 1 aromatic rings. The Morgan fingerprint density at radius 1 is 1.15 bits per heavy atom. The van der Waals surface area contributed by atoms with Crippen LogP contribution >= 0.6 is 24.8 Å². The first kappa shape index (κ1) is 25.0. The third-order valence-electron chi connectivity index (χ3n) is 4.59. The van der Waals surface area contributed by atoms with Crippen LogP contribution in [0.2, 0.25) is 0 Å². The molecule has 1 aromatic carbocycles. The number of nitrogens with two attached hydrogens (primary N) is 1. The molecule has 0 heterocycles. The Morgan fingerprint density at radius 2 is 1.77 bits per heavy atom. The van der Waals surface area contributed by atoms with E-state index in [0.717, 1.165) is 50.0 Å². The van der Waals surface area contributed by atoms with Gasteiger partial charge >= 0.3 is 0 Å². The fourth-order valence-electron chi connectivity index (χ4n) is 3.04. The number of carbonyl (C=O) groups excluding carboxylic acids is 1. The molecular weight excluding hydrogens is 373 g/mol. The number of rotatable bonds is 8. The van der Waals surface area contributed by atoms with Gasteiger partial charge in [-0.3, -0.25) is 4.79 Å². The number of nitrogens with zero attached hydrogens (tertiary/aromatic N) is 1. The van der Waals surface area contributed by atoms with Crippen molar-refractivity contribution in [2.45, 2.75) is 50.6 Å². The molecule has 0 saturated heterocycles. The number of hydrogen-bond donors (Lipinski definition) is 2. The largest absolute Gasteiger partial charge is 0.494 e. The van der Waals surface area contributed by atoms with Crippen LogP contribution in [-0.2, 0) is 11.3 Å². The Labute approximate surface area is 169 Å². The molecule has 0 radical (unpaired) electrons. The van der Waals surface area contributed by atoms with Crippen LogP contribution in [0.3, 0.4) is 0 Å². The lowest BCUT2D eigenvalue weighted by Crippen LogP contribution is -2.54. The zero-order valence-electron chi connectivity index (χ0n) is 15.8. The molecule has 0 atom stereocenters. The van der Waals surface area contributed by atoms with Crippen molar-refractivity contribution in [1.82, 2.24) is 10.2 Å². The second-order valence-electron chi connectivity index (χ2n) is 7.05. The maximum absolute atomic E-state index is 12.3. The molecule has 1 aliphatic rings. The zero-order valence-corrected chi connectivity index (χ0v) is 17.5. The predicted molar refractivity (Wildman–Crippen MR) is 111 cm³/mol. The van der Waals surface area contributed by atoms with Gasteiger partial charge < -0.3 is 20.7 Å². The monoisotopic (exact) mass is 405 g/mol.